The van der Waals surface area contributed by atoms with Gasteiger partial charge in [-0.2, -0.15) is 27.1 Å². The van der Waals surface area contributed by atoms with Crippen LogP contribution < -0.4 is 9.64 Å². The van der Waals surface area contributed by atoms with Crippen LogP contribution in [-0.4, -0.2) is 44.3 Å². The number of benzene rings is 3. The van der Waals surface area contributed by atoms with E-state index in [0.717, 1.165) is 28.9 Å². The van der Waals surface area contributed by atoms with Crippen molar-refractivity contribution in [1.29, 1.82) is 0 Å². The average Bonchev–Trinajstić information content (AvgIpc) is 3.41. The molecule has 0 bridgehead atoms. The SMILES string of the molecule is CC(C)c1ccc(F)cc1N1CSC1=NN=Cc1ccc(-c2ncn(-c3ccc(OC(F)(F)C(F)(F)F)cc3)n2)cc1. The van der Waals surface area contributed by atoms with Crippen molar-refractivity contribution in [1.82, 2.24) is 14.8 Å². The minimum Gasteiger partial charge on any atom is -0.426 e. The van der Waals surface area contributed by atoms with Crippen LogP contribution >= 0.6 is 11.8 Å². The van der Waals surface area contributed by atoms with E-state index in [-0.39, 0.29) is 11.7 Å². The van der Waals surface area contributed by atoms with Crippen LogP contribution in [0.3, 0.4) is 0 Å². The van der Waals surface area contributed by atoms with Crippen molar-refractivity contribution < 1.29 is 31.1 Å². The number of amidine groups is 1. The number of thioether (sulfide) groups is 1. The summed E-state index contributed by atoms with van der Waals surface area (Å²) in [6.07, 6.45) is -8.18. The number of nitrogens with zero attached hydrogens (tertiary/aromatic N) is 6. The first kappa shape index (κ1) is 29.2. The van der Waals surface area contributed by atoms with Gasteiger partial charge in [0, 0.05) is 5.56 Å². The Hall–Kier alpha value is -4.33. The van der Waals surface area contributed by atoms with Gasteiger partial charge in [-0.05, 0) is 53.4 Å². The topological polar surface area (TPSA) is 67.9 Å². The van der Waals surface area contributed by atoms with E-state index in [1.54, 1.807) is 36.5 Å². The molecule has 0 aliphatic carbocycles. The number of hydrogen-bond donors (Lipinski definition) is 0. The highest BCUT2D eigenvalue weighted by molar-refractivity contribution is 8.16. The molecule has 2 heterocycles. The normalized spacial score (nSPS) is 15.1. The standard InChI is InChI=1S/C28H22F6N6OS/c1-17(2)23-12-7-20(29)13-24(23)39-16-42-26(39)37-36-14-18-3-5-19(6-4-18)25-35-15-40(38-25)21-8-10-22(11-9-21)41-28(33,34)27(30,31)32/h3-15,17H,16H2,1-2H3. The molecule has 0 spiro atoms. The Labute approximate surface area is 240 Å². The van der Waals surface area contributed by atoms with Gasteiger partial charge in [-0.15, -0.1) is 10.2 Å². The van der Waals surface area contributed by atoms with Crippen LogP contribution in [0.2, 0.25) is 0 Å². The highest BCUT2D eigenvalue weighted by Crippen LogP contribution is 2.38. The van der Waals surface area contributed by atoms with Gasteiger partial charge in [-0.1, -0.05) is 55.9 Å². The first-order valence-corrected chi connectivity index (χ1v) is 13.5. The molecular formula is C28H22F6N6OS. The summed E-state index contributed by atoms with van der Waals surface area (Å²) in [4.78, 5) is 6.16. The zero-order valence-corrected chi connectivity index (χ0v) is 22.9. The van der Waals surface area contributed by atoms with E-state index in [1.807, 2.05) is 18.7 Å². The van der Waals surface area contributed by atoms with Gasteiger partial charge in [0.15, 0.2) is 11.0 Å². The molecule has 1 aromatic heterocycles. The molecule has 0 atom stereocenters. The van der Waals surface area contributed by atoms with Crippen molar-refractivity contribution in [2.75, 3.05) is 10.8 Å². The molecule has 7 nitrogen and oxygen atoms in total. The molecule has 0 unspecified atom stereocenters. The molecule has 4 aromatic rings. The Morgan fingerprint density at radius 1 is 0.976 bits per heavy atom. The van der Waals surface area contributed by atoms with Gasteiger partial charge in [-0.3, -0.25) is 0 Å². The van der Waals surface area contributed by atoms with Gasteiger partial charge in [0.05, 0.1) is 23.5 Å². The number of hydrogen-bond acceptors (Lipinski definition) is 6. The maximum atomic E-state index is 13.9. The van der Waals surface area contributed by atoms with Crippen LogP contribution in [0.25, 0.3) is 17.1 Å². The third-order valence-corrected chi connectivity index (χ3v) is 7.09. The summed E-state index contributed by atoms with van der Waals surface area (Å²) in [6.45, 7) is 4.10. The van der Waals surface area contributed by atoms with Crippen LogP contribution in [0.5, 0.6) is 5.75 Å². The number of anilines is 1. The maximum Gasteiger partial charge on any atom is 0.499 e. The fraction of sp³-hybridized carbons (Fsp3) is 0.214. The van der Waals surface area contributed by atoms with E-state index in [9.17, 15) is 26.3 Å². The molecule has 3 aromatic carbocycles. The van der Waals surface area contributed by atoms with Gasteiger partial charge in [0.2, 0.25) is 0 Å². The zero-order chi connectivity index (χ0) is 30.1. The molecule has 218 valence electrons. The quantitative estimate of drug-likeness (QED) is 0.118. The lowest BCUT2D eigenvalue weighted by Crippen LogP contribution is -2.41. The minimum atomic E-state index is -5.83. The monoisotopic (exact) mass is 604 g/mol. The molecule has 1 aliphatic heterocycles. The first-order valence-electron chi connectivity index (χ1n) is 12.5. The summed E-state index contributed by atoms with van der Waals surface area (Å²) in [5.74, 6) is 0.269. The maximum absolute atomic E-state index is 13.9. The molecule has 0 radical (unpaired) electrons. The van der Waals surface area contributed by atoms with Gasteiger partial charge < -0.3 is 9.64 Å². The lowest BCUT2D eigenvalue weighted by atomic mass is 10.0. The van der Waals surface area contributed by atoms with Crippen molar-refractivity contribution in [3.05, 3.63) is 90.0 Å². The third kappa shape index (κ3) is 6.27. The summed E-state index contributed by atoms with van der Waals surface area (Å²) in [7, 11) is 0. The number of ether oxygens (including phenoxy) is 1. The van der Waals surface area contributed by atoms with Crippen LogP contribution in [0.1, 0.15) is 30.9 Å². The molecule has 5 rings (SSSR count). The van der Waals surface area contributed by atoms with Crippen LogP contribution in [-0.2, 0) is 0 Å². The summed E-state index contributed by atoms with van der Waals surface area (Å²) >= 11 is 1.51. The number of halogens is 6. The van der Waals surface area contributed by atoms with Crippen molar-refractivity contribution in [3.63, 3.8) is 0 Å². The van der Waals surface area contributed by atoms with Gasteiger partial charge in [0.1, 0.15) is 17.9 Å². The lowest BCUT2D eigenvalue weighted by Gasteiger charge is -2.35. The zero-order valence-electron chi connectivity index (χ0n) is 22.1. The molecule has 0 saturated carbocycles. The molecule has 0 N–H and O–H groups in total. The predicted molar refractivity (Wildman–Crippen MR) is 149 cm³/mol. The average molecular weight is 605 g/mol. The Morgan fingerprint density at radius 2 is 1.69 bits per heavy atom. The van der Waals surface area contributed by atoms with Gasteiger partial charge in [-0.25, -0.2) is 14.1 Å². The minimum absolute atomic E-state index is 0.220. The first-order chi connectivity index (χ1) is 19.9. The summed E-state index contributed by atoms with van der Waals surface area (Å²) < 4.78 is 82.3. The second kappa shape index (κ2) is 11.5. The highest BCUT2D eigenvalue weighted by Gasteiger charge is 2.61. The second-order valence-electron chi connectivity index (χ2n) is 9.43. The fourth-order valence-electron chi connectivity index (χ4n) is 3.94. The van der Waals surface area contributed by atoms with Crippen molar-refractivity contribution in [2.24, 2.45) is 10.2 Å². The molecule has 42 heavy (non-hydrogen) atoms. The van der Waals surface area contributed by atoms with Crippen molar-refractivity contribution in [2.45, 2.75) is 32.1 Å². The molecular weight excluding hydrogens is 582 g/mol. The lowest BCUT2D eigenvalue weighted by molar-refractivity contribution is -0.360. The Balaban J connectivity index is 1.23. The van der Waals surface area contributed by atoms with Crippen molar-refractivity contribution in [3.8, 4) is 22.8 Å². The van der Waals surface area contributed by atoms with Gasteiger partial charge >= 0.3 is 12.3 Å². The number of alkyl halides is 5. The largest absolute Gasteiger partial charge is 0.499 e. The van der Waals surface area contributed by atoms with E-state index in [1.165, 1.54) is 47.0 Å². The second-order valence-corrected chi connectivity index (χ2v) is 10.3. The van der Waals surface area contributed by atoms with Crippen molar-refractivity contribution >= 4 is 28.8 Å². The Kier molecular flexibility index (Phi) is 7.99. The Bertz CT molecular complexity index is 1620. The number of aromatic nitrogens is 3. The van der Waals surface area contributed by atoms with Crippen LogP contribution in [0.15, 0.2) is 83.3 Å². The van der Waals surface area contributed by atoms with E-state index in [4.69, 9.17) is 0 Å². The molecule has 1 aliphatic rings. The van der Waals surface area contributed by atoms with E-state index < -0.39 is 18.0 Å². The fourth-order valence-corrected chi connectivity index (χ4v) is 4.65. The molecule has 0 amide bonds. The molecule has 14 heteroatoms. The highest BCUT2D eigenvalue weighted by atomic mass is 32.2. The summed E-state index contributed by atoms with van der Waals surface area (Å²) in [5, 5.41) is 13.5. The predicted octanol–water partition coefficient (Wildman–Crippen LogP) is 7.63. The molecule has 1 fully saturated rings. The summed E-state index contributed by atoms with van der Waals surface area (Å²) in [6, 6.07) is 16.4. The third-order valence-electron chi connectivity index (χ3n) is 6.15. The Morgan fingerprint density at radius 3 is 2.31 bits per heavy atom. The van der Waals surface area contributed by atoms with Crippen LogP contribution in [0.4, 0.5) is 32.0 Å². The van der Waals surface area contributed by atoms with E-state index in [0.29, 0.717) is 28.1 Å². The van der Waals surface area contributed by atoms with E-state index in [2.05, 4.69) is 25.0 Å². The van der Waals surface area contributed by atoms with Crippen LogP contribution in [0, 0.1) is 5.82 Å². The summed E-state index contributed by atoms with van der Waals surface area (Å²) in [5.41, 5.74) is 3.62. The smallest absolute Gasteiger partial charge is 0.426 e. The number of rotatable bonds is 8. The molecule has 1 saturated heterocycles. The van der Waals surface area contributed by atoms with Gasteiger partial charge in [0.25, 0.3) is 0 Å². The van der Waals surface area contributed by atoms with E-state index >= 15 is 0 Å².